The Morgan fingerprint density at radius 1 is 1.31 bits per heavy atom. The monoisotopic (exact) mass is 301 g/mol. The van der Waals surface area contributed by atoms with Crippen LogP contribution in [0.15, 0.2) is 11.0 Å². The second-order valence-corrected chi connectivity index (χ2v) is 7.40. The minimum Gasteiger partial charge on any atom is -0.379 e. The van der Waals surface area contributed by atoms with E-state index in [1.165, 1.54) is 10.4 Å². The van der Waals surface area contributed by atoms with Crippen LogP contribution in [0.1, 0.15) is 0 Å². The van der Waals surface area contributed by atoms with Gasteiger partial charge >= 0.3 is 0 Å². The molecule has 0 amide bonds. The number of hydrogen-bond acceptors (Lipinski definition) is 4. The van der Waals surface area contributed by atoms with Gasteiger partial charge in [0.25, 0.3) is 0 Å². The average Bonchev–Trinajstić information content (AvgIpc) is 2.60. The lowest BCUT2D eigenvalue weighted by atomic mass is 10.5. The summed E-state index contributed by atoms with van der Waals surface area (Å²) in [5, 5.41) is 0. The van der Waals surface area contributed by atoms with E-state index in [9.17, 15) is 8.42 Å². The largest absolute Gasteiger partial charge is 0.379 e. The van der Waals surface area contributed by atoms with Crippen molar-refractivity contribution < 1.29 is 13.2 Å². The van der Waals surface area contributed by atoms with Crippen LogP contribution in [0.2, 0.25) is 8.67 Å². The lowest BCUT2D eigenvalue weighted by Gasteiger charge is -2.25. The summed E-state index contributed by atoms with van der Waals surface area (Å²) in [6.45, 7) is 1.53. The van der Waals surface area contributed by atoms with Crippen LogP contribution in [0.4, 0.5) is 0 Å². The second-order valence-electron chi connectivity index (χ2n) is 3.20. The van der Waals surface area contributed by atoms with Crippen LogP contribution in [-0.2, 0) is 14.8 Å². The van der Waals surface area contributed by atoms with Crippen molar-refractivity contribution in [3.8, 4) is 0 Å². The van der Waals surface area contributed by atoms with Crippen molar-refractivity contribution in [1.82, 2.24) is 4.31 Å². The van der Waals surface area contributed by atoms with Crippen LogP contribution in [0.3, 0.4) is 0 Å². The van der Waals surface area contributed by atoms with Crippen LogP contribution >= 0.6 is 34.5 Å². The number of nitrogens with zero attached hydrogens (tertiary/aromatic N) is 1. The summed E-state index contributed by atoms with van der Waals surface area (Å²) in [4.78, 5) is 0.0890. The maximum Gasteiger partial charge on any atom is 0.245 e. The lowest BCUT2D eigenvalue weighted by molar-refractivity contribution is 0.0730. The summed E-state index contributed by atoms with van der Waals surface area (Å²) in [5.74, 6) is 0. The van der Waals surface area contributed by atoms with E-state index < -0.39 is 10.0 Å². The number of thiophene rings is 1. The number of sulfonamides is 1. The Balaban J connectivity index is 2.34. The zero-order valence-corrected chi connectivity index (χ0v) is 11.3. The maximum absolute atomic E-state index is 12.2. The van der Waals surface area contributed by atoms with Crippen LogP contribution < -0.4 is 0 Å². The molecule has 0 spiro atoms. The molecule has 0 bridgehead atoms. The summed E-state index contributed by atoms with van der Waals surface area (Å²) in [5.41, 5.74) is 0. The van der Waals surface area contributed by atoms with Gasteiger partial charge < -0.3 is 4.74 Å². The smallest absolute Gasteiger partial charge is 0.245 e. The van der Waals surface area contributed by atoms with Crippen LogP contribution in [0, 0.1) is 0 Å². The quantitative estimate of drug-likeness (QED) is 0.840. The minimum atomic E-state index is -3.52. The van der Waals surface area contributed by atoms with E-state index in [2.05, 4.69) is 0 Å². The zero-order chi connectivity index (χ0) is 11.8. The molecule has 0 radical (unpaired) electrons. The predicted molar refractivity (Wildman–Crippen MR) is 63.9 cm³/mol. The molecule has 1 fully saturated rings. The summed E-state index contributed by atoms with van der Waals surface area (Å²) in [7, 11) is -3.52. The molecule has 2 heterocycles. The van der Waals surface area contributed by atoms with Crippen molar-refractivity contribution in [3.05, 3.63) is 14.7 Å². The molecule has 16 heavy (non-hydrogen) atoms. The van der Waals surface area contributed by atoms with Crippen LogP contribution in [0.25, 0.3) is 0 Å². The number of halogens is 2. The Kier molecular flexibility index (Phi) is 3.78. The van der Waals surface area contributed by atoms with Gasteiger partial charge in [0.15, 0.2) is 0 Å². The fourth-order valence-corrected chi connectivity index (χ4v) is 4.95. The van der Waals surface area contributed by atoms with E-state index in [0.29, 0.717) is 30.6 Å². The summed E-state index contributed by atoms with van der Waals surface area (Å²) in [6.07, 6.45) is 0. The fourth-order valence-electron chi connectivity index (χ4n) is 1.43. The predicted octanol–water partition coefficient (Wildman–Crippen LogP) is 2.08. The van der Waals surface area contributed by atoms with Gasteiger partial charge in [0, 0.05) is 13.1 Å². The third-order valence-corrected chi connectivity index (χ3v) is 5.86. The molecule has 2 rings (SSSR count). The molecule has 1 aliphatic heterocycles. The van der Waals surface area contributed by atoms with Crippen molar-refractivity contribution in [2.45, 2.75) is 4.90 Å². The molecule has 0 saturated carbocycles. The SMILES string of the molecule is O=S(=O)(c1cc(Cl)sc1Cl)N1CCOCC1. The molecule has 4 nitrogen and oxygen atoms in total. The van der Waals surface area contributed by atoms with Gasteiger partial charge in [-0.1, -0.05) is 23.2 Å². The maximum atomic E-state index is 12.2. The molecule has 1 saturated heterocycles. The van der Waals surface area contributed by atoms with E-state index >= 15 is 0 Å². The molecule has 1 aromatic heterocycles. The highest BCUT2D eigenvalue weighted by Crippen LogP contribution is 2.35. The van der Waals surface area contributed by atoms with Gasteiger partial charge in [0.05, 0.1) is 17.6 Å². The first-order chi connectivity index (χ1) is 7.51. The Hall–Kier alpha value is 0.150. The topological polar surface area (TPSA) is 46.6 Å². The van der Waals surface area contributed by atoms with Gasteiger partial charge in [-0.3, -0.25) is 0 Å². The molecule has 0 atom stereocenters. The van der Waals surface area contributed by atoms with E-state index in [-0.39, 0.29) is 9.23 Å². The number of ether oxygens (including phenoxy) is 1. The Labute approximate surface area is 108 Å². The summed E-state index contributed by atoms with van der Waals surface area (Å²) < 4.78 is 31.4. The van der Waals surface area contributed by atoms with Gasteiger partial charge in [-0.15, -0.1) is 11.3 Å². The Bertz CT molecular complexity index is 479. The molecular weight excluding hydrogens is 293 g/mol. The molecule has 0 aliphatic carbocycles. The molecule has 1 aliphatic rings. The van der Waals surface area contributed by atoms with Crippen LogP contribution in [0.5, 0.6) is 0 Å². The molecule has 0 N–H and O–H groups in total. The van der Waals surface area contributed by atoms with E-state index in [0.717, 1.165) is 11.3 Å². The molecule has 8 heteroatoms. The third kappa shape index (κ3) is 2.37. The van der Waals surface area contributed by atoms with E-state index in [1.807, 2.05) is 0 Å². The number of rotatable bonds is 2. The van der Waals surface area contributed by atoms with E-state index in [4.69, 9.17) is 27.9 Å². The van der Waals surface area contributed by atoms with Crippen molar-refractivity contribution in [2.75, 3.05) is 26.3 Å². The summed E-state index contributed by atoms with van der Waals surface area (Å²) >= 11 is 12.6. The van der Waals surface area contributed by atoms with Gasteiger partial charge in [-0.25, -0.2) is 8.42 Å². The Morgan fingerprint density at radius 2 is 1.94 bits per heavy atom. The Morgan fingerprint density at radius 3 is 2.44 bits per heavy atom. The van der Waals surface area contributed by atoms with Crippen molar-refractivity contribution in [1.29, 1.82) is 0 Å². The number of morpholine rings is 1. The van der Waals surface area contributed by atoms with Crippen molar-refractivity contribution in [3.63, 3.8) is 0 Å². The van der Waals surface area contributed by atoms with Gasteiger partial charge in [0.2, 0.25) is 10.0 Å². The average molecular weight is 302 g/mol. The highest BCUT2D eigenvalue weighted by atomic mass is 35.5. The molecule has 0 unspecified atom stereocenters. The zero-order valence-electron chi connectivity index (χ0n) is 8.15. The van der Waals surface area contributed by atoms with Crippen molar-refractivity contribution in [2.24, 2.45) is 0 Å². The summed E-state index contributed by atoms with van der Waals surface area (Å²) in [6, 6.07) is 1.39. The first-order valence-corrected chi connectivity index (χ1v) is 7.56. The molecule has 1 aromatic rings. The first-order valence-electron chi connectivity index (χ1n) is 4.54. The van der Waals surface area contributed by atoms with Crippen LogP contribution in [-0.4, -0.2) is 39.0 Å². The highest BCUT2D eigenvalue weighted by Gasteiger charge is 2.29. The second kappa shape index (κ2) is 4.80. The van der Waals surface area contributed by atoms with Gasteiger partial charge in [-0.2, -0.15) is 4.31 Å². The molecule has 0 aromatic carbocycles. The first kappa shape index (κ1) is 12.6. The fraction of sp³-hybridized carbons (Fsp3) is 0.500. The third-order valence-electron chi connectivity index (χ3n) is 2.21. The normalized spacial score (nSPS) is 18.9. The number of hydrogen-bond donors (Lipinski definition) is 0. The van der Waals surface area contributed by atoms with E-state index in [1.54, 1.807) is 0 Å². The molecular formula is C8H9Cl2NO3S2. The minimum absolute atomic E-state index is 0.0890. The lowest BCUT2D eigenvalue weighted by Crippen LogP contribution is -2.40. The van der Waals surface area contributed by atoms with Gasteiger partial charge in [-0.05, 0) is 6.07 Å². The van der Waals surface area contributed by atoms with Gasteiger partial charge in [0.1, 0.15) is 9.23 Å². The highest BCUT2D eigenvalue weighted by molar-refractivity contribution is 7.89. The molecule has 90 valence electrons. The van der Waals surface area contributed by atoms with Crippen molar-refractivity contribution >= 4 is 44.6 Å². The standard InChI is InChI=1S/C8H9Cl2NO3S2/c9-7-5-6(8(10)15-7)16(12,13)11-1-3-14-4-2-11/h5H,1-4H2.